The molecule has 2 aliphatic heterocycles. The number of benzene rings is 1. The summed E-state index contributed by atoms with van der Waals surface area (Å²) in [4.78, 5) is 69.9. The highest BCUT2D eigenvalue weighted by atomic mass is 32.2. The van der Waals surface area contributed by atoms with E-state index in [2.05, 4.69) is 15.5 Å². The van der Waals surface area contributed by atoms with Gasteiger partial charge in [0.2, 0.25) is 0 Å². The SMILES string of the molecule is CO/N=C(/C(=O)NC1C(=O)N2C(C(=O)O)=C(COC(=O)c3ccc([N+](=O)[O-])cc3)CS[C@H]12)c1csc(N)n1. The number of amides is 2. The Morgan fingerprint density at radius 3 is 2.63 bits per heavy atom. The van der Waals surface area contributed by atoms with Gasteiger partial charge >= 0.3 is 11.9 Å². The number of rotatable bonds is 9. The number of carbonyl (C=O) groups excluding carboxylic acids is 3. The smallest absolute Gasteiger partial charge is 0.352 e. The molecule has 198 valence electrons. The Hall–Kier alpha value is -4.51. The van der Waals surface area contributed by atoms with Gasteiger partial charge in [0.25, 0.3) is 17.5 Å². The van der Waals surface area contributed by atoms with Crippen LogP contribution in [0, 0.1) is 10.1 Å². The van der Waals surface area contributed by atoms with Crippen LogP contribution in [0.15, 0.2) is 46.1 Å². The largest absolute Gasteiger partial charge is 0.477 e. The summed E-state index contributed by atoms with van der Waals surface area (Å²) in [5.41, 5.74) is 5.20. The van der Waals surface area contributed by atoms with Gasteiger partial charge in [-0.05, 0) is 12.1 Å². The molecule has 1 saturated heterocycles. The van der Waals surface area contributed by atoms with E-state index in [1.807, 2.05) is 0 Å². The summed E-state index contributed by atoms with van der Waals surface area (Å²) >= 11 is 2.25. The van der Waals surface area contributed by atoms with Crippen LogP contribution in [-0.4, -0.2) is 80.3 Å². The van der Waals surface area contributed by atoms with E-state index in [0.717, 1.165) is 28.4 Å². The second kappa shape index (κ2) is 10.9. The Labute approximate surface area is 221 Å². The zero-order valence-electron chi connectivity index (χ0n) is 19.4. The van der Waals surface area contributed by atoms with Crippen LogP contribution >= 0.6 is 23.1 Å². The van der Waals surface area contributed by atoms with E-state index >= 15 is 0 Å². The van der Waals surface area contributed by atoms with Crippen molar-refractivity contribution in [1.82, 2.24) is 15.2 Å². The number of aliphatic carboxylic acids is 1. The number of nitrogens with two attached hydrogens (primary N) is 1. The number of thioether (sulfide) groups is 1. The number of hydrogen-bond acceptors (Lipinski definition) is 13. The number of aromatic nitrogens is 1. The quantitative estimate of drug-likeness (QED) is 0.126. The molecular formula is C21H18N6O9S2. The maximum absolute atomic E-state index is 12.9. The number of nitrogens with one attached hydrogen (secondary N) is 1. The van der Waals surface area contributed by atoms with Gasteiger partial charge < -0.3 is 25.7 Å². The monoisotopic (exact) mass is 562 g/mol. The van der Waals surface area contributed by atoms with E-state index in [0.29, 0.717) is 0 Å². The van der Waals surface area contributed by atoms with Gasteiger partial charge in [-0.15, -0.1) is 23.1 Å². The van der Waals surface area contributed by atoms with E-state index in [4.69, 9.17) is 15.3 Å². The number of nitro benzene ring substituents is 1. The molecule has 15 nitrogen and oxygen atoms in total. The minimum Gasteiger partial charge on any atom is -0.477 e. The van der Waals surface area contributed by atoms with Crippen LogP contribution in [0.1, 0.15) is 16.1 Å². The van der Waals surface area contributed by atoms with Gasteiger partial charge in [0.15, 0.2) is 10.8 Å². The van der Waals surface area contributed by atoms with Crippen molar-refractivity contribution in [2.75, 3.05) is 25.2 Å². The number of non-ortho nitro benzene ring substituents is 1. The summed E-state index contributed by atoms with van der Waals surface area (Å²) in [6.07, 6.45) is 0. The number of esters is 1. The standard InChI is InChI=1S/C21H18N6O9S2/c1-35-25-13(12-8-38-21(22)23-12)16(28)24-14-17(29)26-15(19(30)31)10(7-37-18(14)26)6-36-20(32)9-2-4-11(5-3-9)27(33)34/h2-5,8,14,18H,6-7H2,1H3,(H2,22,23)(H,24,28)(H,30,31)/b25-13+/t14?,18-/m1/s1. The van der Waals surface area contributed by atoms with E-state index in [9.17, 15) is 34.4 Å². The first kappa shape index (κ1) is 26.6. The predicted molar refractivity (Wildman–Crippen MR) is 133 cm³/mol. The van der Waals surface area contributed by atoms with Crippen LogP contribution in [0.2, 0.25) is 0 Å². The van der Waals surface area contributed by atoms with Crippen molar-refractivity contribution in [3.8, 4) is 0 Å². The van der Waals surface area contributed by atoms with E-state index in [1.165, 1.54) is 36.4 Å². The molecule has 2 aromatic rings. The molecule has 1 fully saturated rings. The minimum absolute atomic E-state index is 0.0348. The highest BCUT2D eigenvalue weighted by Crippen LogP contribution is 2.40. The van der Waals surface area contributed by atoms with Gasteiger partial charge in [-0.2, -0.15) is 0 Å². The second-order valence-corrected chi connectivity index (χ2v) is 9.69. The molecule has 1 unspecified atom stereocenters. The molecule has 0 radical (unpaired) electrons. The summed E-state index contributed by atoms with van der Waals surface area (Å²) in [7, 11) is 1.23. The number of carbonyl (C=O) groups is 4. The lowest BCUT2D eigenvalue weighted by Crippen LogP contribution is -2.71. The molecule has 2 atom stereocenters. The molecule has 4 N–H and O–H groups in total. The number of anilines is 1. The predicted octanol–water partition coefficient (Wildman–Crippen LogP) is 0.580. The summed E-state index contributed by atoms with van der Waals surface area (Å²) in [5, 5.41) is 27.7. The van der Waals surface area contributed by atoms with Crippen molar-refractivity contribution in [2.24, 2.45) is 5.16 Å². The average Bonchev–Trinajstić information content (AvgIpc) is 3.33. The Kier molecular flexibility index (Phi) is 7.58. The molecule has 3 heterocycles. The maximum atomic E-state index is 12.9. The Bertz CT molecular complexity index is 1390. The van der Waals surface area contributed by atoms with Crippen LogP contribution in [-0.2, 0) is 24.0 Å². The molecule has 2 amide bonds. The summed E-state index contributed by atoms with van der Waals surface area (Å²) in [5.74, 6) is -3.58. The summed E-state index contributed by atoms with van der Waals surface area (Å²) < 4.78 is 5.20. The fraction of sp³-hybridized carbons (Fsp3) is 0.238. The van der Waals surface area contributed by atoms with Crippen molar-refractivity contribution in [3.05, 3.63) is 62.3 Å². The first-order valence-electron chi connectivity index (χ1n) is 10.6. The number of nitrogens with zero attached hydrogens (tertiary/aromatic N) is 4. The zero-order chi connectivity index (χ0) is 27.6. The first-order valence-corrected chi connectivity index (χ1v) is 12.5. The summed E-state index contributed by atoms with van der Waals surface area (Å²) in [6, 6.07) is 3.65. The Morgan fingerprint density at radius 2 is 2.05 bits per heavy atom. The van der Waals surface area contributed by atoms with Gasteiger partial charge in [-0.25, -0.2) is 14.6 Å². The molecule has 0 saturated carbocycles. The summed E-state index contributed by atoms with van der Waals surface area (Å²) in [6.45, 7) is -0.423. The van der Waals surface area contributed by atoms with Crippen LogP contribution in [0.5, 0.6) is 0 Å². The lowest BCUT2D eigenvalue weighted by molar-refractivity contribution is -0.384. The van der Waals surface area contributed by atoms with Crippen molar-refractivity contribution in [2.45, 2.75) is 11.4 Å². The van der Waals surface area contributed by atoms with Crippen molar-refractivity contribution >= 4 is 63.4 Å². The van der Waals surface area contributed by atoms with Crippen LogP contribution < -0.4 is 11.1 Å². The fourth-order valence-electron chi connectivity index (χ4n) is 3.65. The minimum atomic E-state index is -1.41. The van der Waals surface area contributed by atoms with Crippen molar-refractivity contribution in [3.63, 3.8) is 0 Å². The number of fused-ring (bicyclic) bond motifs is 1. The van der Waals surface area contributed by atoms with Crippen LogP contribution in [0.25, 0.3) is 0 Å². The van der Waals surface area contributed by atoms with Gasteiger partial charge in [-0.3, -0.25) is 24.6 Å². The highest BCUT2D eigenvalue weighted by Gasteiger charge is 2.54. The third-order valence-electron chi connectivity index (χ3n) is 5.39. The lowest BCUT2D eigenvalue weighted by Gasteiger charge is -2.49. The number of ether oxygens (including phenoxy) is 1. The van der Waals surface area contributed by atoms with E-state index < -0.39 is 46.7 Å². The van der Waals surface area contributed by atoms with E-state index in [1.54, 1.807) is 0 Å². The van der Waals surface area contributed by atoms with Crippen molar-refractivity contribution < 1.29 is 38.8 Å². The molecule has 17 heteroatoms. The third kappa shape index (κ3) is 5.14. The number of hydrogen-bond donors (Lipinski definition) is 3. The second-order valence-electron chi connectivity index (χ2n) is 7.69. The Morgan fingerprint density at radius 1 is 1.34 bits per heavy atom. The number of nitrogen functional groups attached to an aromatic ring is 1. The number of oxime groups is 1. The molecule has 0 spiro atoms. The van der Waals surface area contributed by atoms with Gasteiger partial charge in [0, 0.05) is 28.8 Å². The number of carboxylic acid groups (broad SMARTS) is 1. The average molecular weight is 563 g/mol. The lowest BCUT2D eigenvalue weighted by atomic mass is 10.0. The normalized spacial score (nSPS) is 18.8. The number of β-lactam (4-membered cyclic amide) rings is 1. The Balaban J connectivity index is 1.45. The third-order valence-corrected chi connectivity index (χ3v) is 7.40. The molecule has 1 aromatic heterocycles. The zero-order valence-corrected chi connectivity index (χ0v) is 21.0. The molecule has 2 aliphatic rings. The van der Waals surface area contributed by atoms with Crippen molar-refractivity contribution in [1.29, 1.82) is 0 Å². The van der Waals surface area contributed by atoms with Gasteiger partial charge in [-0.1, -0.05) is 5.16 Å². The fourth-order valence-corrected chi connectivity index (χ4v) is 5.53. The van der Waals surface area contributed by atoms with Crippen LogP contribution in [0.4, 0.5) is 10.8 Å². The maximum Gasteiger partial charge on any atom is 0.352 e. The van der Waals surface area contributed by atoms with Gasteiger partial charge in [0.05, 0.1) is 10.5 Å². The molecule has 0 bridgehead atoms. The molecular weight excluding hydrogens is 544 g/mol. The van der Waals surface area contributed by atoms with E-state index in [-0.39, 0.29) is 44.8 Å². The highest BCUT2D eigenvalue weighted by molar-refractivity contribution is 8.00. The number of carboxylic acids is 1. The molecule has 4 rings (SSSR count). The first-order chi connectivity index (χ1) is 18.1. The number of nitro groups is 1. The molecule has 38 heavy (non-hydrogen) atoms. The number of thiazole rings is 1. The van der Waals surface area contributed by atoms with Crippen LogP contribution in [0.3, 0.4) is 0 Å². The van der Waals surface area contributed by atoms with Gasteiger partial charge in [0.1, 0.15) is 36.5 Å². The molecule has 1 aromatic carbocycles. The molecule has 0 aliphatic carbocycles. The topological polar surface area (TPSA) is 217 Å².